The van der Waals surface area contributed by atoms with Crippen LogP contribution in [0.25, 0.3) is 22.6 Å². The average molecular weight is 533 g/mol. The third-order valence-electron chi connectivity index (χ3n) is 6.23. The van der Waals surface area contributed by atoms with E-state index in [0.29, 0.717) is 59.9 Å². The van der Waals surface area contributed by atoms with Gasteiger partial charge in [0.2, 0.25) is 18.1 Å². The maximum absolute atomic E-state index is 13.7. The van der Waals surface area contributed by atoms with Crippen LogP contribution in [0.2, 0.25) is 0 Å². The lowest BCUT2D eigenvalue weighted by Gasteiger charge is -2.36. The van der Waals surface area contributed by atoms with Crippen molar-refractivity contribution in [3.05, 3.63) is 72.4 Å². The van der Waals surface area contributed by atoms with Crippen LogP contribution < -0.4 is 15.4 Å². The summed E-state index contributed by atoms with van der Waals surface area (Å²) < 4.78 is 31.0. The predicted octanol–water partition coefficient (Wildman–Crippen LogP) is 4.61. The van der Waals surface area contributed by atoms with Gasteiger partial charge in [-0.05, 0) is 42.5 Å². The van der Waals surface area contributed by atoms with Gasteiger partial charge in [0.05, 0.1) is 37.4 Å². The van der Waals surface area contributed by atoms with Crippen LogP contribution in [0, 0.1) is 11.2 Å². The highest BCUT2D eigenvalue weighted by Crippen LogP contribution is 2.35. The van der Waals surface area contributed by atoms with Crippen LogP contribution >= 0.6 is 0 Å². The zero-order valence-electron chi connectivity index (χ0n) is 21.8. The molecular weight excluding hydrogens is 503 g/mol. The van der Waals surface area contributed by atoms with Crippen molar-refractivity contribution >= 4 is 17.5 Å². The summed E-state index contributed by atoms with van der Waals surface area (Å²) in [6.45, 7) is 4.62. The highest BCUT2D eigenvalue weighted by molar-refractivity contribution is 5.77. The van der Waals surface area contributed by atoms with E-state index in [-0.39, 0.29) is 17.1 Å². The maximum Gasteiger partial charge on any atom is 0.227 e. The molecule has 1 fully saturated rings. The number of anilines is 2. The molecule has 11 heteroatoms. The minimum absolute atomic E-state index is 0.108. The minimum atomic E-state index is -0.750. The van der Waals surface area contributed by atoms with E-state index < -0.39 is 6.29 Å². The number of hydrogen-bond acceptors (Lipinski definition) is 8. The van der Waals surface area contributed by atoms with Crippen molar-refractivity contribution in [2.24, 2.45) is 5.41 Å². The number of nitrogens with zero attached hydrogens (tertiary/aromatic N) is 3. The molecule has 10 nitrogen and oxygen atoms in total. The van der Waals surface area contributed by atoms with Gasteiger partial charge in [0, 0.05) is 42.4 Å². The summed E-state index contributed by atoms with van der Waals surface area (Å²) in [6.07, 6.45) is 0.889. The Balaban J connectivity index is 1.44. The number of aromatic amines is 1. The number of ether oxygens (including phenoxy) is 3. The molecule has 1 aliphatic rings. The molecule has 1 aliphatic heterocycles. The third-order valence-corrected chi connectivity index (χ3v) is 6.23. The van der Waals surface area contributed by atoms with Crippen LogP contribution in [-0.4, -0.2) is 52.7 Å². The van der Waals surface area contributed by atoms with E-state index in [1.54, 1.807) is 31.5 Å². The molecule has 39 heavy (non-hydrogen) atoms. The Bertz CT molecular complexity index is 1450. The molecule has 0 aliphatic carbocycles. The molecule has 0 radical (unpaired) electrons. The molecule has 0 bridgehead atoms. The number of carbonyl (C=O) groups is 1. The Labute approximate surface area is 225 Å². The molecule has 0 unspecified atom stereocenters. The molecule has 0 saturated carbocycles. The van der Waals surface area contributed by atoms with Crippen molar-refractivity contribution in [3.8, 4) is 28.4 Å². The predicted molar refractivity (Wildman–Crippen MR) is 143 cm³/mol. The van der Waals surface area contributed by atoms with Gasteiger partial charge in [-0.2, -0.15) is 0 Å². The van der Waals surface area contributed by atoms with E-state index in [1.807, 2.05) is 31.2 Å². The first-order valence-corrected chi connectivity index (χ1v) is 12.4. The molecule has 0 spiro atoms. The zero-order valence-corrected chi connectivity index (χ0v) is 21.8. The number of nitrogens with one attached hydrogen (secondary N) is 3. The number of H-pyrrole nitrogens is 1. The number of hydrogen-bond donors (Lipinski definition) is 3. The van der Waals surface area contributed by atoms with Gasteiger partial charge in [-0.15, -0.1) is 0 Å². The largest absolute Gasteiger partial charge is 0.497 e. The van der Waals surface area contributed by atoms with Gasteiger partial charge >= 0.3 is 0 Å². The van der Waals surface area contributed by atoms with Crippen molar-refractivity contribution in [1.29, 1.82) is 0 Å². The monoisotopic (exact) mass is 532 g/mol. The highest BCUT2D eigenvalue weighted by atomic mass is 19.1. The van der Waals surface area contributed by atoms with Crippen molar-refractivity contribution in [2.45, 2.75) is 20.1 Å². The van der Waals surface area contributed by atoms with Gasteiger partial charge in [-0.1, -0.05) is 13.0 Å². The van der Waals surface area contributed by atoms with E-state index in [0.717, 1.165) is 5.69 Å². The maximum atomic E-state index is 13.7. The standard InChI is InChI=1S/C28H29FN6O4/c1-17(36)31-14-28(2)15-38-26(39-16-28)25-34-23(18-7-9-19(29)10-8-18)24(35-25)22-11-12-30-27(33-22)32-20-5-4-6-21(13-20)37-3/h4-13,26H,14-16H2,1-3H3,(H,31,36)(H,34,35)(H,30,32,33). The lowest BCUT2D eigenvalue weighted by atomic mass is 9.92. The smallest absolute Gasteiger partial charge is 0.227 e. The van der Waals surface area contributed by atoms with Crippen LogP contribution in [0.15, 0.2) is 60.8 Å². The SMILES string of the molecule is COc1cccc(Nc2nccc(-c3[nH]c(C4OCC(C)(CNC(C)=O)CO4)nc3-c3ccc(F)cc3)n2)c1. The Kier molecular flexibility index (Phi) is 7.53. The molecule has 202 valence electrons. The second-order valence-electron chi connectivity index (χ2n) is 9.65. The zero-order chi connectivity index (χ0) is 27.4. The van der Waals surface area contributed by atoms with E-state index >= 15 is 0 Å². The summed E-state index contributed by atoms with van der Waals surface area (Å²) in [4.78, 5) is 28.5. The van der Waals surface area contributed by atoms with Gasteiger partial charge < -0.3 is 29.8 Å². The van der Waals surface area contributed by atoms with Crippen LogP contribution in [0.5, 0.6) is 5.75 Å². The van der Waals surface area contributed by atoms with Crippen molar-refractivity contribution < 1.29 is 23.4 Å². The van der Waals surface area contributed by atoms with E-state index in [9.17, 15) is 9.18 Å². The fourth-order valence-corrected chi connectivity index (χ4v) is 4.13. The minimum Gasteiger partial charge on any atom is -0.497 e. The molecule has 5 rings (SSSR count). The molecule has 4 aromatic rings. The van der Waals surface area contributed by atoms with Crippen molar-refractivity contribution in [3.63, 3.8) is 0 Å². The van der Waals surface area contributed by atoms with E-state index in [1.165, 1.54) is 19.1 Å². The first kappa shape index (κ1) is 26.3. The van der Waals surface area contributed by atoms with Crippen molar-refractivity contribution in [2.75, 3.05) is 32.2 Å². The number of benzene rings is 2. The van der Waals surface area contributed by atoms with E-state index in [4.69, 9.17) is 19.2 Å². The van der Waals surface area contributed by atoms with Crippen LogP contribution in [0.3, 0.4) is 0 Å². The Morgan fingerprint density at radius 1 is 1.15 bits per heavy atom. The highest BCUT2D eigenvalue weighted by Gasteiger charge is 2.35. The molecule has 3 N–H and O–H groups in total. The molecular formula is C28H29FN6O4. The summed E-state index contributed by atoms with van der Waals surface area (Å²) in [5, 5.41) is 6.01. The number of halogens is 1. The Hall–Kier alpha value is -4.35. The van der Waals surface area contributed by atoms with Crippen LogP contribution in [0.4, 0.5) is 16.0 Å². The Morgan fingerprint density at radius 3 is 2.64 bits per heavy atom. The summed E-state index contributed by atoms with van der Waals surface area (Å²) in [6, 6.07) is 15.3. The molecule has 1 saturated heterocycles. The summed E-state index contributed by atoms with van der Waals surface area (Å²) >= 11 is 0. The molecule has 1 amide bonds. The first-order valence-electron chi connectivity index (χ1n) is 12.4. The molecule has 0 atom stereocenters. The van der Waals surface area contributed by atoms with Gasteiger partial charge in [0.15, 0.2) is 5.82 Å². The fourth-order valence-electron chi connectivity index (χ4n) is 4.13. The van der Waals surface area contributed by atoms with Gasteiger partial charge in [0.25, 0.3) is 0 Å². The van der Waals surface area contributed by atoms with Crippen LogP contribution in [0.1, 0.15) is 26.0 Å². The number of imidazole rings is 1. The second kappa shape index (κ2) is 11.2. The lowest BCUT2D eigenvalue weighted by molar-refractivity contribution is -0.232. The number of carbonyl (C=O) groups excluding carboxylic acids is 1. The fraction of sp³-hybridized carbons (Fsp3) is 0.286. The van der Waals surface area contributed by atoms with Crippen molar-refractivity contribution in [1.82, 2.24) is 25.3 Å². The Morgan fingerprint density at radius 2 is 1.92 bits per heavy atom. The lowest BCUT2D eigenvalue weighted by Crippen LogP contribution is -2.45. The number of methoxy groups -OCH3 is 1. The first-order chi connectivity index (χ1) is 18.8. The quantitative estimate of drug-likeness (QED) is 0.301. The van der Waals surface area contributed by atoms with E-state index in [2.05, 4.69) is 25.6 Å². The third kappa shape index (κ3) is 6.21. The van der Waals surface area contributed by atoms with Gasteiger partial charge in [-0.25, -0.2) is 19.3 Å². The number of amides is 1. The van der Waals surface area contributed by atoms with Gasteiger partial charge in [-0.3, -0.25) is 4.79 Å². The summed E-state index contributed by atoms with van der Waals surface area (Å²) in [7, 11) is 1.60. The normalized spacial score (nSPS) is 18.9. The van der Waals surface area contributed by atoms with Gasteiger partial charge in [0.1, 0.15) is 11.6 Å². The summed E-state index contributed by atoms with van der Waals surface area (Å²) in [5.74, 6) is 1.07. The second-order valence-corrected chi connectivity index (χ2v) is 9.65. The number of rotatable bonds is 8. The topological polar surface area (TPSA) is 123 Å². The molecule has 3 heterocycles. The average Bonchev–Trinajstić information content (AvgIpc) is 3.39. The number of aromatic nitrogens is 4. The molecule has 2 aromatic carbocycles. The molecule has 2 aromatic heterocycles. The summed E-state index contributed by atoms with van der Waals surface area (Å²) in [5.41, 5.74) is 2.83. The van der Waals surface area contributed by atoms with Crippen LogP contribution in [-0.2, 0) is 14.3 Å².